The van der Waals surface area contributed by atoms with Gasteiger partial charge < -0.3 is 4.90 Å². The fraction of sp³-hybridized carbons (Fsp3) is 0.381. The Morgan fingerprint density at radius 2 is 1.92 bits per heavy atom. The van der Waals surface area contributed by atoms with Gasteiger partial charge in [-0.05, 0) is 57.4 Å². The molecule has 1 unspecified atom stereocenters. The van der Waals surface area contributed by atoms with Gasteiger partial charge in [0.1, 0.15) is 5.52 Å². The van der Waals surface area contributed by atoms with Crippen LogP contribution in [0.15, 0.2) is 36.4 Å². The van der Waals surface area contributed by atoms with Crippen LogP contribution in [0.1, 0.15) is 52.9 Å². The first-order valence-electron chi connectivity index (χ1n) is 9.29. The van der Waals surface area contributed by atoms with Crippen LogP contribution in [0.2, 0.25) is 0 Å². The predicted molar refractivity (Wildman–Crippen MR) is 102 cm³/mol. The summed E-state index contributed by atoms with van der Waals surface area (Å²) in [5, 5.41) is 8.34. The molecular weight excluding hydrogens is 324 g/mol. The molecule has 1 saturated heterocycles. The Kier molecular flexibility index (Phi) is 4.23. The van der Waals surface area contributed by atoms with Crippen LogP contribution in [0.5, 0.6) is 0 Å². The normalized spacial score (nSPS) is 17.2. The second-order valence-electron chi connectivity index (χ2n) is 7.19. The largest absolute Gasteiger partial charge is 0.332 e. The van der Waals surface area contributed by atoms with Gasteiger partial charge in [0.05, 0.1) is 11.6 Å². The molecule has 0 N–H and O–H groups in total. The maximum Gasteiger partial charge on any atom is 0.254 e. The number of aromatic nitrogens is 3. The van der Waals surface area contributed by atoms with Crippen LogP contribution in [0, 0.1) is 13.8 Å². The maximum atomic E-state index is 13.2. The Balaban J connectivity index is 1.66. The quantitative estimate of drug-likeness (QED) is 0.717. The molecule has 1 atom stereocenters. The van der Waals surface area contributed by atoms with Gasteiger partial charge in [0.25, 0.3) is 5.91 Å². The number of benzene rings is 2. The highest BCUT2D eigenvalue weighted by atomic mass is 16.2. The lowest BCUT2D eigenvalue weighted by molar-refractivity contribution is 0.0735. The molecule has 5 heteroatoms. The number of rotatable bonds is 3. The molecule has 0 spiro atoms. The number of carbonyl (C=O) groups is 1. The van der Waals surface area contributed by atoms with Crippen molar-refractivity contribution in [3.63, 3.8) is 0 Å². The van der Waals surface area contributed by atoms with Crippen molar-refractivity contribution in [1.82, 2.24) is 19.9 Å². The Morgan fingerprint density at radius 1 is 1.15 bits per heavy atom. The SMILES string of the molecule is CCn1nnc2cc(C(=O)N3CCCC3c3cc(C)cc(C)c3)ccc21. The molecule has 0 aliphatic carbocycles. The van der Waals surface area contributed by atoms with Crippen molar-refractivity contribution >= 4 is 16.9 Å². The fourth-order valence-corrected chi connectivity index (χ4v) is 4.06. The molecule has 4 rings (SSSR count). The number of hydrogen-bond donors (Lipinski definition) is 0. The molecule has 1 aliphatic rings. The summed E-state index contributed by atoms with van der Waals surface area (Å²) in [6, 6.07) is 12.5. The van der Waals surface area contributed by atoms with Gasteiger partial charge in [0.15, 0.2) is 0 Å². The lowest BCUT2D eigenvalue weighted by Gasteiger charge is -2.26. The van der Waals surface area contributed by atoms with E-state index < -0.39 is 0 Å². The van der Waals surface area contributed by atoms with E-state index >= 15 is 0 Å². The van der Waals surface area contributed by atoms with Crippen LogP contribution in [0.25, 0.3) is 11.0 Å². The molecule has 2 aromatic carbocycles. The average molecular weight is 348 g/mol. The number of amides is 1. The molecule has 1 aromatic heterocycles. The number of aryl methyl sites for hydroxylation is 3. The maximum absolute atomic E-state index is 13.2. The minimum atomic E-state index is 0.0830. The number of hydrogen-bond acceptors (Lipinski definition) is 3. The van der Waals surface area contributed by atoms with Gasteiger partial charge in [-0.2, -0.15) is 0 Å². The van der Waals surface area contributed by atoms with E-state index in [4.69, 9.17) is 0 Å². The molecule has 3 aromatic rings. The van der Waals surface area contributed by atoms with Crippen LogP contribution in [-0.4, -0.2) is 32.3 Å². The summed E-state index contributed by atoms with van der Waals surface area (Å²) in [5.74, 6) is 0.0830. The second kappa shape index (κ2) is 6.56. The molecule has 2 heterocycles. The fourth-order valence-electron chi connectivity index (χ4n) is 4.06. The third kappa shape index (κ3) is 2.87. The lowest BCUT2D eigenvalue weighted by Crippen LogP contribution is -2.30. The zero-order valence-electron chi connectivity index (χ0n) is 15.6. The monoisotopic (exact) mass is 348 g/mol. The van der Waals surface area contributed by atoms with Crippen molar-refractivity contribution in [1.29, 1.82) is 0 Å². The highest BCUT2D eigenvalue weighted by Crippen LogP contribution is 2.34. The third-order valence-corrected chi connectivity index (χ3v) is 5.20. The number of fused-ring (bicyclic) bond motifs is 1. The Bertz CT molecular complexity index is 955. The van der Waals surface area contributed by atoms with Gasteiger partial charge in [-0.1, -0.05) is 34.5 Å². The van der Waals surface area contributed by atoms with Crippen molar-refractivity contribution in [3.8, 4) is 0 Å². The first-order valence-corrected chi connectivity index (χ1v) is 9.29. The van der Waals surface area contributed by atoms with Crippen molar-refractivity contribution < 1.29 is 4.79 Å². The molecule has 26 heavy (non-hydrogen) atoms. The second-order valence-corrected chi connectivity index (χ2v) is 7.19. The zero-order chi connectivity index (χ0) is 18.3. The molecule has 0 bridgehead atoms. The molecule has 134 valence electrons. The van der Waals surface area contributed by atoms with Gasteiger partial charge in [0, 0.05) is 18.7 Å². The van der Waals surface area contributed by atoms with E-state index in [-0.39, 0.29) is 11.9 Å². The molecule has 1 fully saturated rings. The van der Waals surface area contributed by atoms with Gasteiger partial charge in [-0.3, -0.25) is 4.79 Å². The highest BCUT2D eigenvalue weighted by molar-refractivity contribution is 5.97. The zero-order valence-corrected chi connectivity index (χ0v) is 15.6. The van der Waals surface area contributed by atoms with Crippen LogP contribution in [0.4, 0.5) is 0 Å². The van der Waals surface area contributed by atoms with Gasteiger partial charge in [0.2, 0.25) is 0 Å². The predicted octanol–water partition coefficient (Wildman–Crippen LogP) is 4.05. The van der Waals surface area contributed by atoms with Crippen molar-refractivity contribution in [2.45, 2.75) is 46.2 Å². The van der Waals surface area contributed by atoms with E-state index in [2.05, 4.69) is 42.4 Å². The number of nitrogens with zero attached hydrogens (tertiary/aromatic N) is 4. The molecular formula is C21H24N4O. The summed E-state index contributed by atoms with van der Waals surface area (Å²) in [6.45, 7) is 7.83. The van der Waals surface area contributed by atoms with Gasteiger partial charge in [-0.15, -0.1) is 5.10 Å². The Morgan fingerprint density at radius 3 is 2.65 bits per heavy atom. The van der Waals surface area contributed by atoms with Crippen LogP contribution >= 0.6 is 0 Å². The first-order chi connectivity index (χ1) is 12.6. The Hall–Kier alpha value is -2.69. The molecule has 5 nitrogen and oxygen atoms in total. The summed E-state index contributed by atoms with van der Waals surface area (Å²) >= 11 is 0. The molecule has 0 saturated carbocycles. The third-order valence-electron chi connectivity index (χ3n) is 5.20. The van der Waals surface area contributed by atoms with Crippen LogP contribution in [-0.2, 0) is 6.54 Å². The lowest BCUT2D eigenvalue weighted by atomic mass is 9.99. The summed E-state index contributed by atoms with van der Waals surface area (Å²) in [7, 11) is 0. The van der Waals surface area contributed by atoms with Crippen LogP contribution < -0.4 is 0 Å². The minimum absolute atomic E-state index is 0.0830. The summed E-state index contributed by atoms with van der Waals surface area (Å²) in [6.07, 6.45) is 2.06. The number of carbonyl (C=O) groups excluding carboxylic acids is 1. The topological polar surface area (TPSA) is 51.0 Å². The van der Waals surface area contributed by atoms with Crippen molar-refractivity contribution in [2.75, 3.05) is 6.54 Å². The van der Waals surface area contributed by atoms with E-state index in [1.165, 1.54) is 16.7 Å². The van der Waals surface area contributed by atoms with E-state index in [0.29, 0.717) is 5.56 Å². The smallest absolute Gasteiger partial charge is 0.254 e. The summed E-state index contributed by atoms with van der Waals surface area (Å²) in [4.78, 5) is 15.2. The highest BCUT2D eigenvalue weighted by Gasteiger charge is 2.31. The summed E-state index contributed by atoms with van der Waals surface area (Å²) in [5.41, 5.74) is 6.17. The average Bonchev–Trinajstić information content (AvgIpc) is 3.26. The van der Waals surface area contributed by atoms with E-state index in [0.717, 1.165) is 37.0 Å². The van der Waals surface area contributed by atoms with Gasteiger partial charge in [-0.25, -0.2) is 4.68 Å². The number of likely N-dealkylation sites (tertiary alicyclic amines) is 1. The van der Waals surface area contributed by atoms with Crippen molar-refractivity contribution in [2.24, 2.45) is 0 Å². The van der Waals surface area contributed by atoms with E-state index in [1.807, 2.05) is 34.7 Å². The van der Waals surface area contributed by atoms with Crippen molar-refractivity contribution in [3.05, 3.63) is 58.7 Å². The van der Waals surface area contributed by atoms with E-state index in [9.17, 15) is 4.79 Å². The standard InChI is InChI=1S/C21H24N4O/c1-4-25-20-8-7-16(13-18(20)22-23-25)21(26)24-9-5-6-19(24)17-11-14(2)10-15(3)12-17/h7-8,10-13,19H,4-6,9H2,1-3H3. The molecule has 0 radical (unpaired) electrons. The Labute approximate surface area is 153 Å². The summed E-state index contributed by atoms with van der Waals surface area (Å²) < 4.78 is 1.85. The minimum Gasteiger partial charge on any atom is -0.332 e. The van der Waals surface area contributed by atoms with E-state index in [1.54, 1.807) is 0 Å². The molecule has 1 aliphatic heterocycles. The van der Waals surface area contributed by atoms with Gasteiger partial charge >= 0.3 is 0 Å². The molecule has 1 amide bonds. The first kappa shape index (κ1) is 16.8. The van der Waals surface area contributed by atoms with Crippen LogP contribution in [0.3, 0.4) is 0 Å².